The summed E-state index contributed by atoms with van der Waals surface area (Å²) in [4.78, 5) is 14.1. The number of pyridine rings is 1. The summed E-state index contributed by atoms with van der Waals surface area (Å²) < 4.78 is 0. The van der Waals surface area contributed by atoms with E-state index in [9.17, 15) is 10.1 Å². The highest BCUT2D eigenvalue weighted by atomic mass is 16.6. The van der Waals surface area contributed by atoms with E-state index in [1.54, 1.807) is 19.9 Å². The summed E-state index contributed by atoms with van der Waals surface area (Å²) in [7, 11) is 0. The van der Waals surface area contributed by atoms with Crippen molar-refractivity contribution < 1.29 is 4.92 Å². The molecule has 1 aromatic heterocycles. The predicted octanol–water partition coefficient (Wildman–Crippen LogP) is 1.32. The van der Waals surface area contributed by atoms with E-state index in [4.69, 9.17) is 5.73 Å². The van der Waals surface area contributed by atoms with Crippen LogP contribution in [0.1, 0.15) is 24.2 Å². The average Bonchev–Trinajstić information content (AvgIpc) is 2.02. The number of hydrogen-bond donors (Lipinski definition) is 1. The first-order valence-corrected chi connectivity index (χ1v) is 3.89. The molecule has 0 saturated carbocycles. The van der Waals surface area contributed by atoms with Crippen molar-refractivity contribution in [2.45, 2.75) is 19.9 Å². The Morgan fingerprint density at radius 1 is 1.69 bits per heavy atom. The maximum Gasteiger partial charge on any atom is 0.295 e. The van der Waals surface area contributed by atoms with Crippen LogP contribution in [-0.4, -0.2) is 9.91 Å². The Bertz CT molecular complexity index is 336. The summed E-state index contributed by atoms with van der Waals surface area (Å²) in [6.07, 6.45) is 1.53. The molecular formula is C8H11N3O2. The molecule has 0 aliphatic rings. The van der Waals surface area contributed by atoms with E-state index in [0.717, 1.165) is 0 Å². The van der Waals surface area contributed by atoms with E-state index >= 15 is 0 Å². The number of nitro groups is 1. The van der Waals surface area contributed by atoms with Crippen molar-refractivity contribution in [1.82, 2.24) is 4.98 Å². The quantitative estimate of drug-likeness (QED) is 0.551. The topological polar surface area (TPSA) is 82.0 Å². The van der Waals surface area contributed by atoms with Gasteiger partial charge in [-0.05, 0) is 19.9 Å². The van der Waals surface area contributed by atoms with E-state index in [2.05, 4.69) is 4.98 Å². The minimum Gasteiger partial charge on any atom is -0.323 e. The van der Waals surface area contributed by atoms with Crippen molar-refractivity contribution >= 4 is 5.69 Å². The second-order valence-electron chi connectivity index (χ2n) is 2.91. The van der Waals surface area contributed by atoms with Crippen molar-refractivity contribution in [3.05, 3.63) is 33.6 Å². The molecule has 5 nitrogen and oxygen atoms in total. The second-order valence-corrected chi connectivity index (χ2v) is 2.91. The lowest BCUT2D eigenvalue weighted by Gasteiger charge is -2.06. The molecule has 1 rings (SSSR count). The molecule has 0 unspecified atom stereocenters. The molecular weight excluding hydrogens is 170 g/mol. The van der Waals surface area contributed by atoms with Crippen molar-refractivity contribution in [3.63, 3.8) is 0 Å². The van der Waals surface area contributed by atoms with Crippen LogP contribution >= 0.6 is 0 Å². The van der Waals surface area contributed by atoms with Crippen LogP contribution in [0.2, 0.25) is 0 Å². The van der Waals surface area contributed by atoms with Gasteiger partial charge in [-0.2, -0.15) is 0 Å². The summed E-state index contributed by atoms with van der Waals surface area (Å²) in [6, 6.07) is 1.18. The van der Waals surface area contributed by atoms with Gasteiger partial charge in [0.05, 0.1) is 11.0 Å². The molecule has 0 fully saturated rings. The van der Waals surface area contributed by atoms with Crippen LogP contribution < -0.4 is 5.73 Å². The largest absolute Gasteiger partial charge is 0.323 e. The zero-order valence-corrected chi connectivity index (χ0v) is 7.52. The molecule has 0 radical (unpaired) electrons. The average molecular weight is 181 g/mol. The molecule has 5 heteroatoms. The number of aromatic nitrogens is 1. The Hall–Kier alpha value is -1.49. The number of nitrogens with zero attached hydrogens (tertiary/aromatic N) is 2. The van der Waals surface area contributed by atoms with Crippen molar-refractivity contribution in [2.75, 3.05) is 0 Å². The number of aryl methyl sites for hydroxylation is 1. The van der Waals surface area contributed by atoms with Gasteiger partial charge in [0.15, 0.2) is 0 Å². The van der Waals surface area contributed by atoms with Gasteiger partial charge < -0.3 is 5.73 Å². The Balaban J connectivity index is 3.34. The third-order valence-corrected chi connectivity index (χ3v) is 1.77. The van der Waals surface area contributed by atoms with Crippen LogP contribution in [0.25, 0.3) is 0 Å². The molecule has 0 bridgehead atoms. The zero-order chi connectivity index (χ0) is 10.0. The molecule has 1 atom stereocenters. The van der Waals surface area contributed by atoms with Crippen LogP contribution in [0, 0.1) is 17.0 Å². The van der Waals surface area contributed by atoms with Gasteiger partial charge in [0.25, 0.3) is 5.69 Å². The van der Waals surface area contributed by atoms with Gasteiger partial charge in [-0.25, -0.2) is 0 Å². The fourth-order valence-corrected chi connectivity index (χ4v) is 1.14. The first kappa shape index (κ1) is 9.60. The van der Waals surface area contributed by atoms with Crippen LogP contribution in [0.3, 0.4) is 0 Å². The van der Waals surface area contributed by atoms with Crippen LogP contribution in [0.5, 0.6) is 0 Å². The van der Waals surface area contributed by atoms with Crippen molar-refractivity contribution in [2.24, 2.45) is 5.73 Å². The lowest BCUT2D eigenvalue weighted by molar-refractivity contribution is -0.386. The lowest BCUT2D eigenvalue weighted by atomic mass is 10.1. The SMILES string of the molecule is Cc1ccnc([C@H](C)N)c1[N+](=O)[O-]. The highest BCUT2D eigenvalue weighted by Crippen LogP contribution is 2.24. The van der Waals surface area contributed by atoms with Crippen LogP contribution in [-0.2, 0) is 0 Å². The number of hydrogen-bond acceptors (Lipinski definition) is 4. The fourth-order valence-electron chi connectivity index (χ4n) is 1.14. The standard InChI is InChI=1S/C8H11N3O2/c1-5-3-4-10-7(6(2)9)8(5)11(12)13/h3-4,6H,9H2,1-2H3/t6-/m0/s1. The van der Waals surface area contributed by atoms with Crippen molar-refractivity contribution in [1.29, 1.82) is 0 Å². The molecule has 1 heterocycles. The van der Waals surface area contributed by atoms with E-state index in [1.165, 1.54) is 6.20 Å². The summed E-state index contributed by atoms with van der Waals surface area (Å²) in [5.74, 6) is 0. The van der Waals surface area contributed by atoms with E-state index in [1.807, 2.05) is 0 Å². The van der Waals surface area contributed by atoms with Gasteiger partial charge in [-0.3, -0.25) is 15.1 Å². The molecule has 0 aliphatic carbocycles. The maximum absolute atomic E-state index is 10.7. The summed E-state index contributed by atoms with van der Waals surface area (Å²) in [6.45, 7) is 3.35. The molecule has 0 amide bonds. The van der Waals surface area contributed by atoms with Gasteiger partial charge in [0, 0.05) is 11.8 Å². The predicted molar refractivity (Wildman–Crippen MR) is 48.2 cm³/mol. The highest BCUT2D eigenvalue weighted by molar-refractivity contribution is 5.44. The van der Waals surface area contributed by atoms with E-state index in [-0.39, 0.29) is 5.69 Å². The first-order chi connectivity index (χ1) is 6.04. The Morgan fingerprint density at radius 3 is 2.69 bits per heavy atom. The smallest absolute Gasteiger partial charge is 0.295 e. The molecule has 1 aromatic rings. The number of rotatable bonds is 2. The molecule has 2 N–H and O–H groups in total. The van der Waals surface area contributed by atoms with Gasteiger partial charge >= 0.3 is 0 Å². The summed E-state index contributed by atoms with van der Waals surface area (Å²) >= 11 is 0. The summed E-state index contributed by atoms with van der Waals surface area (Å²) in [5.41, 5.74) is 6.51. The highest BCUT2D eigenvalue weighted by Gasteiger charge is 2.20. The third kappa shape index (κ3) is 1.81. The lowest BCUT2D eigenvalue weighted by Crippen LogP contribution is -2.11. The molecule has 0 spiro atoms. The fraction of sp³-hybridized carbons (Fsp3) is 0.375. The van der Waals surface area contributed by atoms with Gasteiger partial charge in [-0.15, -0.1) is 0 Å². The van der Waals surface area contributed by atoms with E-state index in [0.29, 0.717) is 11.3 Å². The van der Waals surface area contributed by atoms with Crippen molar-refractivity contribution in [3.8, 4) is 0 Å². The minimum absolute atomic E-state index is 0.0255. The van der Waals surface area contributed by atoms with Crippen LogP contribution in [0.15, 0.2) is 12.3 Å². The Morgan fingerprint density at radius 2 is 2.31 bits per heavy atom. The Labute approximate surface area is 75.7 Å². The third-order valence-electron chi connectivity index (χ3n) is 1.77. The molecule has 0 saturated heterocycles. The Kier molecular flexibility index (Phi) is 2.57. The second kappa shape index (κ2) is 3.49. The maximum atomic E-state index is 10.7. The normalized spacial score (nSPS) is 12.5. The first-order valence-electron chi connectivity index (χ1n) is 3.89. The number of nitrogens with two attached hydrogens (primary N) is 1. The molecule has 0 aliphatic heterocycles. The molecule has 0 aromatic carbocycles. The molecule has 70 valence electrons. The van der Waals surface area contributed by atoms with Gasteiger partial charge in [-0.1, -0.05) is 0 Å². The van der Waals surface area contributed by atoms with Gasteiger partial charge in [0.2, 0.25) is 0 Å². The minimum atomic E-state index is -0.443. The van der Waals surface area contributed by atoms with E-state index < -0.39 is 11.0 Å². The van der Waals surface area contributed by atoms with Gasteiger partial charge in [0.1, 0.15) is 5.69 Å². The summed E-state index contributed by atoms with van der Waals surface area (Å²) in [5, 5.41) is 10.7. The monoisotopic (exact) mass is 181 g/mol. The molecule has 13 heavy (non-hydrogen) atoms. The zero-order valence-electron chi connectivity index (χ0n) is 7.52. The van der Waals surface area contributed by atoms with Crippen LogP contribution in [0.4, 0.5) is 5.69 Å².